The van der Waals surface area contributed by atoms with E-state index in [0.29, 0.717) is 19.6 Å². The van der Waals surface area contributed by atoms with Crippen molar-refractivity contribution >= 4 is 11.8 Å². The van der Waals surface area contributed by atoms with E-state index in [-0.39, 0.29) is 23.9 Å². The van der Waals surface area contributed by atoms with E-state index in [1.54, 1.807) is 4.90 Å². The smallest absolute Gasteiger partial charge is 0.274 e. The number of amides is 2. The van der Waals surface area contributed by atoms with Gasteiger partial charge in [0, 0.05) is 51.5 Å². The Morgan fingerprint density at radius 2 is 1.93 bits per heavy atom. The lowest BCUT2D eigenvalue weighted by Gasteiger charge is -2.26. The molecule has 2 heterocycles. The van der Waals surface area contributed by atoms with Gasteiger partial charge in [-0.3, -0.25) is 19.5 Å². The molecule has 1 aliphatic heterocycles. The maximum Gasteiger partial charge on any atom is 0.274 e. The highest BCUT2D eigenvalue weighted by Crippen LogP contribution is 2.09. The molecule has 30 heavy (non-hydrogen) atoms. The lowest BCUT2D eigenvalue weighted by Crippen LogP contribution is -2.38. The molecule has 160 valence electrons. The molecule has 0 spiro atoms. The fourth-order valence-electron chi connectivity index (χ4n) is 3.31. The van der Waals surface area contributed by atoms with Crippen LogP contribution in [0.5, 0.6) is 0 Å². The number of nitrogens with zero attached hydrogens (tertiary/aromatic N) is 4. The van der Waals surface area contributed by atoms with Gasteiger partial charge in [0.25, 0.3) is 5.91 Å². The highest BCUT2D eigenvalue weighted by molar-refractivity contribution is 5.92. The number of hydrogen-bond donors (Lipinski definition) is 1. The maximum absolute atomic E-state index is 12.9. The summed E-state index contributed by atoms with van der Waals surface area (Å²) in [5.74, 6) is -0.283. The summed E-state index contributed by atoms with van der Waals surface area (Å²) in [6.45, 7) is 5.79. The average molecular weight is 412 g/mol. The van der Waals surface area contributed by atoms with Crippen LogP contribution in [0.3, 0.4) is 0 Å². The molecule has 1 N–H and O–H groups in total. The van der Waals surface area contributed by atoms with E-state index in [9.17, 15) is 9.59 Å². The molecule has 2 aromatic rings. The Kier molecular flexibility index (Phi) is 8.74. The number of carbonyl (C=O) groups excluding carboxylic acids is 2. The van der Waals surface area contributed by atoms with Gasteiger partial charge < -0.3 is 15.0 Å². The van der Waals surface area contributed by atoms with Crippen LogP contribution in [0.4, 0.5) is 0 Å². The Hall–Kier alpha value is -2.84. The largest absolute Gasteiger partial charge is 0.379 e. The van der Waals surface area contributed by atoms with Crippen LogP contribution in [0.25, 0.3) is 0 Å². The van der Waals surface area contributed by atoms with Crippen molar-refractivity contribution in [3.8, 4) is 0 Å². The van der Waals surface area contributed by atoms with E-state index in [4.69, 9.17) is 4.74 Å². The maximum atomic E-state index is 12.9. The zero-order valence-electron chi connectivity index (χ0n) is 17.2. The SMILES string of the molecule is O=C(CCN(Cc1ccccc1)C(=O)c1cnccn1)NCCCN1CCOCC1. The van der Waals surface area contributed by atoms with E-state index >= 15 is 0 Å². The molecule has 0 aliphatic carbocycles. The number of ether oxygens (including phenoxy) is 1. The molecule has 8 heteroatoms. The van der Waals surface area contributed by atoms with Crippen molar-refractivity contribution in [3.63, 3.8) is 0 Å². The van der Waals surface area contributed by atoms with Crippen LogP contribution in [0.1, 0.15) is 28.9 Å². The third-order valence-electron chi connectivity index (χ3n) is 4.97. The summed E-state index contributed by atoms with van der Waals surface area (Å²) >= 11 is 0. The molecule has 2 amide bonds. The quantitative estimate of drug-likeness (QED) is 0.594. The van der Waals surface area contributed by atoms with E-state index < -0.39 is 0 Å². The lowest BCUT2D eigenvalue weighted by atomic mass is 10.2. The number of benzene rings is 1. The third-order valence-corrected chi connectivity index (χ3v) is 4.97. The fraction of sp³-hybridized carbons (Fsp3) is 0.455. The van der Waals surface area contributed by atoms with Crippen molar-refractivity contribution in [1.29, 1.82) is 0 Å². The molecule has 0 bridgehead atoms. The summed E-state index contributed by atoms with van der Waals surface area (Å²) in [4.78, 5) is 37.2. The summed E-state index contributed by atoms with van der Waals surface area (Å²) < 4.78 is 5.34. The highest BCUT2D eigenvalue weighted by atomic mass is 16.5. The van der Waals surface area contributed by atoms with Gasteiger partial charge in [0.05, 0.1) is 19.4 Å². The predicted molar refractivity (Wildman–Crippen MR) is 113 cm³/mol. The minimum Gasteiger partial charge on any atom is -0.379 e. The van der Waals surface area contributed by atoms with E-state index in [1.807, 2.05) is 30.3 Å². The number of carbonyl (C=O) groups is 2. The van der Waals surface area contributed by atoms with Gasteiger partial charge in [0.2, 0.25) is 5.91 Å². The lowest BCUT2D eigenvalue weighted by molar-refractivity contribution is -0.121. The van der Waals surface area contributed by atoms with Crippen molar-refractivity contribution in [2.24, 2.45) is 0 Å². The summed E-state index contributed by atoms with van der Waals surface area (Å²) in [5, 5.41) is 2.96. The van der Waals surface area contributed by atoms with Crippen LogP contribution in [-0.4, -0.2) is 77.5 Å². The second kappa shape index (κ2) is 12.0. The zero-order valence-corrected chi connectivity index (χ0v) is 17.2. The number of morpholine rings is 1. The first-order valence-corrected chi connectivity index (χ1v) is 10.4. The van der Waals surface area contributed by atoms with Gasteiger partial charge in [0.1, 0.15) is 5.69 Å². The molecule has 1 aliphatic rings. The highest BCUT2D eigenvalue weighted by Gasteiger charge is 2.19. The van der Waals surface area contributed by atoms with Gasteiger partial charge in [0.15, 0.2) is 0 Å². The molecular formula is C22H29N5O3. The Morgan fingerprint density at radius 3 is 2.67 bits per heavy atom. The van der Waals surface area contributed by atoms with Crippen LogP contribution in [0.15, 0.2) is 48.9 Å². The summed E-state index contributed by atoms with van der Waals surface area (Å²) in [6, 6.07) is 9.72. The molecule has 3 rings (SSSR count). The second-order valence-electron chi connectivity index (χ2n) is 7.21. The number of aromatic nitrogens is 2. The monoisotopic (exact) mass is 411 g/mol. The standard InChI is InChI=1S/C22H29N5O3/c28-21(25-8-4-11-26-13-15-30-16-14-26)7-12-27(18-19-5-2-1-3-6-19)22(29)20-17-23-9-10-24-20/h1-3,5-6,9-10,17H,4,7-8,11-16,18H2,(H,25,28). The topological polar surface area (TPSA) is 87.7 Å². The fourth-order valence-corrected chi connectivity index (χ4v) is 3.31. The second-order valence-corrected chi connectivity index (χ2v) is 7.21. The van der Waals surface area contributed by atoms with Gasteiger partial charge in [-0.2, -0.15) is 0 Å². The number of nitrogens with one attached hydrogen (secondary N) is 1. The van der Waals surface area contributed by atoms with Crippen molar-refractivity contribution in [3.05, 3.63) is 60.2 Å². The molecule has 1 aromatic heterocycles. The van der Waals surface area contributed by atoms with Crippen molar-refractivity contribution < 1.29 is 14.3 Å². The van der Waals surface area contributed by atoms with Gasteiger partial charge in [-0.25, -0.2) is 4.98 Å². The van der Waals surface area contributed by atoms with Crippen LogP contribution < -0.4 is 5.32 Å². The van der Waals surface area contributed by atoms with Crippen LogP contribution in [0, 0.1) is 0 Å². The third kappa shape index (κ3) is 7.20. The Labute approximate surface area is 177 Å². The molecule has 1 fully saturated rings. The van der Waals surface area contributed by atoms with Crippen molar-refractivity contribution in [1.82, 2.24) is 25.1 Å². The Balaban J connectivity index is 1.47. The Bertz CT molecular complexity index is 782. The molecule has 1 aromatic carbocycles. The van der Waals surface area contributed by atoms with E-state index in [1.165, 1.54) is 18.6 Å². The van der Waals surface area contributed by atoms with Gasteiger partial charge >= 0.3 is 0 Å². The first-order chi connectivity index (χ1) is 14.7. The van der Waals surface area contributed by atoms with Gasteiger partial charge in [-0.15, -0.1) is 0 Å². The van der Waals surface area contributed by atoms with Gasteiger partial charge in [-0.05, 0) is 18.5 Å². The molecule has 8 nitrogen and oxygen atoms in total. The first kappa shape index (κ1) is 21.9. The predicted octanol–water partition coefficient (Wildman–Crippen LogP) is 1.35. The normalized spacial score (nSPS) is 14.3. The zero-order chi connectivity index (χ0) is 21.0. The molecule has 0 atom stereocenters. The van der Waals surface area contributed by atoms with Crippen LogP contribution in [-0.2, 0) is 16.1 Å². The minimum absolute atomic E-state index is 0.0537. The summed E-state index contributed by atoms with van der Waals surface area (Å²) in [6.07, 6.45) is 5.62. The molecule has 1 saturated heterocycles. The summed E-state index contributed by atoms with van der Waals surface area (Å²) in [5.41, 5.74) is 1.28. The molecule has 0 unspecified atom stereocenters. The number of rotatable bonds is 10. The molecular weight excluding hydrogens is 382 g/mol. The average Bonchev–Trinajstić information content (AvgIpc) is 2.81. The van der Waals surface area contributed by atoms with Crippen molar-refractivity contribution in [2.45, 2.75) is 19.4 Å². The van der Waals surface area contributed by atoms with E-state index in [0.717, 1.165) is 44.8 Å². The number of hydrogen-bond acceptors (Lipinski definition) is 6. The van der Waals surface area contributed by atoms with E-state index in [2.05, 4.69) is 20.2 Å². The Morgan fingerprint density at radius 1 is 1.13 bits per heavy atom. The first-order valence-electron chi connectivity index (χ1n) is 10.4. The van der Waals surface area contributed by atoms with Crippen LogP contribution in [0.2, 0.25) is 0 Å². The minimum atomic E-state index is -0.230. The molecule has 0 radical (unpaired) electrons. The van der Waals surface area contributed by atoms with Gasteiger partial charge in [-0.1, -0.05) is 30.3 Å². The molecule has 0 saturated carbocycles. The van der Waals surface area contributed by atoms with Crippen LogP contribution >= 0.6 is 0 Å². The summed E-state index contributed by atoms with van der Waals surface area (Å²) in [7, 11) is 0. The van der Waals surface area contributed by atoms with Crippen molar-refractivity contribution in [2.75, 3.05) is 45.9 Å².